The number of carbonyl (C=O) groups is 2. The van der Waals surface area contributed by atoms with Gasteiger partial charge in [0.1, 0.15) is 17.4 Å². The minimum absolute atomic E-state index is 0.0101. The Morgan fingerprint density at radius 2 is 1.76 bits per heavy atom. The van der Waals surface area contributed by atoms with Crippen LogP contribution >= 0.6 is 34.5 Å². The number of ether oxygens (including phenoxy) is 2. The predicted molar refractivity (Wildman–Crippen MR) is 114 cm³/mol. The van der Waals surface area contributed by atoms with Crippen LogP contribution in [0, 0.1) is 0 Å². The van der Waals surface area contributed by atoms with Gasteiger partial charge in [-0.2, -0.15) is 0 Å². The molecule has 0 spiro atoms. The third-order valence-corrected chi connectivity index (χ3v) is 5.75. The third kappa shape index (κ3) is 5.00. The van der Waals surface area contributed by atoms with Crippen LogP contribution in [0.5, 0.6) is 5.75 Å². The summed E-state index contributed by atoms with van der Waals surface area (Å²) in [7, 11) is 1.21. The molecule has 0 aliphatic carbocycles. The number of hydrogen-bond donors (Lipinski definition) is 2. The maximum atomic E-state index is 11.4. The van der Waals surface area contributed by atoms with Crippen LogP contribution in [0.25, 0.3) is 10.4 Å². The summed E-state index contributed by atoms with van der Waals surface area (Å²) in [4.78, 5) is 23.5. The lowest BCUT2D eigenvalue weighted by Gasteiger charge is -2.10. The van der Waals surface area contributed by atoms with E-state index in [1.165, 1.54) is 13.2 Å². The van der Waals surface area contributed by atoms with Crippen LogP contribution in [-0.2, 0) is 11.3 Å². The second-order valence-corrected chi connectivity index (χ2v) is 7.66. The first-order valence-electron chi connectivity index (χ1n) is 8.27. The lowest BCUT2D eigenvalue weighted by Crippen LogP contribution is -2.12. The minimum atomic E-state index is -1.14. The van der Waals surface area contributed by atoms with E-state index >= 15 is 0 Å². The molecule has 1 heterocycles. The van der Waals surface area contributed by atoms with Gasteiger partial charge in [-0.15, -0.1) is 11.3 Å². The molecule has 0 aliphatic heterocycles. The molecule has 29 heavy (non-hydrogen) atoms. The van der Waals surface area contributed by atoms with Crippen LogP contribution in [0.4, 0.5) is 9.80 Å². The summed E-state index contributed by atoms with van der Waals surface area (Å²) in [5, 5.41) is 13.0. The number of halogens is 2. The van der Waals surface area contributed by atoms with E-state index in [-0.39, 0.29) is 17.2 Å². The number of carboxylic acids is 1. The highest BCUT2D eigenvalue weighted by atomic mass is 35.5. The Labute approximate surface area is 180 Å². The molecule has 0 fully saturated rings. The van der Waals surface area contributed by atoms with Crippen LogP contribution in [0.15, 0.2) is 48.5 Å². The summed E-state index contributed by atoms with van der Waals surface area (Å²) in [6.07, 6.45) is -0.733. The maximum absolute atomic E-state index is 11.4. The van der Waals surface area contributed by atoms with Crippen molar-refractivity contribution < 1.29 is 24.2 Å². The van der Waals surface area contributed by atoms with E-state index in [2.05, 4.69) is 10.1 Å². The number of rotatable bonds is 6. The van der Waals surface area contributed by atoms with E-state index in [1.54, 1.807) is 42.5 Å². The largest absolute Gasteiger partial charge is 0.489 e. The van der Waals surface area contributed by atoms with Crippen molar-refractivity contribution in [1.29, 1.82) is 0 Å². The maximum Gasteiger partial charge on any atom is 0.411 e. The number of nitrogens with one attached hydrogen (secondary N) is 1. The average molecular weight is 452 g/mol. The molecule has 0 radical (unpaired) electrons. The fraction of sp³-hybridized carbons (Fsp3) is 0.100. The highest BCUT2D eigenvalue weighted by molar-refractivity contribution is 7.20. The zero-order valence-electron chi connectivity index (χ0n) is 15.1. The Hall–Kier alpha value is -2.74. The molecule has 150 valence electrons. The zero-order chi connectivity index (χ0) is 21.0. The first kappa shape index (κ1) is 21.0. The van der Waals surface area contributed by atoms with Crippen molar-refractivity contribution in [2.24, 2.45) is 0 Å². The summed E-state index contributed by atoms with van der Waals surface area (Å²) in [5.41, 5.74) is 1.46. The molecule has 3 aromatic rings. The molecule has 2 aromatic carbocycles. The molecule has 3 rings (SSSR count). The second kappa shape index (κ2) is 9.17. The van der Waals surface area contributed by atoms with Gasteiger partial charge in [0.15, 0.2) is 0 Å². The fourth-order valence-electron chi connectivity index (χ4n) is 2.47. The van der Waals surface area contributed by atoms with E-state index in [4.69, 9.17) is 27.9 Å². The number of methoxy groups -OCH3 is 1. The van der Waals surface area contributed by atoms with Crippen molar-refractivity contribution >= 4 is 51.6 Å². The quantitative estimate of drug-likeness (QED) is 0.467. The summed E-state index contributed by atoms with van der Waals surface area (Å²) in [6.45, 7) is 0.215. The summed E-state index contributed by atoms with van der Waals surface area (Å²) in [6, 6.07) is 13.8. The molecule has 2 N–H and O–H groups in total. The van der Waals surface area contributed by atoms with E-state index in [1.807, 2.05) is 0 Å². The van der Waals surface area contributed by atoms with Crippen molar-refractivity contribution in [1.82, 2.24) is 0 Å². The Kier molecular flexibility index (Phi) is 6.64. The third-order valence-electron chi connectivity index (χ3n) is 3.95. The van der Waals surface area contributed by atoms with Gasteiger partial charge in [-0.25, -0.2) is 9.59 Å². The molecule has 0 atom stereocenters. The molecular formula is C20H15Cl2NO5S. The fourth-order valence-corrected chi connectivity index (χ4v) is 4.02. The van der Waals surface area contributed by atoms with Gasteiger partial charge in [0, 0.05) is 20.5 Å². The van der Waals surface area contributed by atoms with Crippen LogP contribution in [-0.4, -0.2) is 24.3 Å². The Balaban J connectivity index is 1.77. The average Bonchev–Trinajstić information content (AvgIpc) is 3.12. The van der Waals surface area contributed by atoms with E-state index in [0.717, 1.165) is 16.9 Å². The molecule has 0 saturated carbocycles. The summed E-state index contributed by atoms with van der Waals surface area (Å²) < 4.78 is 10.3. The van der Waals surface area contributed by atoms with Crippen molar-refractivity contribution in [3.05, 3.63) is 69.7 Å². The minimum Gasteiger partial charge on any atom is -0.489 e. The standard InChI is InChI=1S/C20H15Cl2NO5S/c1-27-20(26)23-18-13(19(24)25)9-17(29-18)11-5-7-12(8-6-11)28-10-14-15(21)3-2-4-16(14)22/h2-9H,10H2,1H3,(H,23,26)(H,24,25). The smallest absolute Gasteiger partial charge is 0.411 e. The lowest BCUT2D eigenvalue weighted by atomic mass is 10.1. The number of thiophene rings is 1. The number of carboxylic acid groups (broad SMARTS) is 1. The van der Waals surface area contributed by atoms with Crippen molar-refractivity contribution in [2.45, 2.75) is 6.61 Å². The number of amides is 1. The predicted octanol–water partition coefficient (Wildman–Crippen LogP) is 6.18. The van der Waals surface area contributed by atoms with Gasteiger partial charge in [0.2, 0.25) is 0 Å². The summed E-state index contributed by atoms with van der Waals surface area (Å²) in [5.74, 6) is -0.539. The molecule has 6 nitrogen and oxygen atoms in total. The number of hydrogen-bond acceptors (Lipinski definition) is 5. The van der Waals surface area contributed by atoms with Crippen molar-refractivity contribution in [3.63, 3.8) is 0 Å². The number of carbonyl (C=O) groups excluding carboxylic acids is 1. The molecule has 0 bridgehead atoms. The summed E-state index contributed by atoms with van der Waals surface area (Å²) >= 11 is 13.4. The van der Waals surface area contributed by atoms with E-state index in [9.17, 15) is 14.7 Å². The van der Waals surface area contributed by atoms with E-state index < -0.39 is 12.1 Å². The van der Waals surface area contributed by atoms with Gasteiger partial charge in [0.25, 0.3) is 0 Å². The molecule has 0 saturated heterocycles. The molecule has 0 aliphatic rings. The Morgan fingerprint density at radius 3 is 2.34 bits per heavy atom. The van der Waals surface area contributed by atoms with Crippen LogP contribution < -0.4 is 10.1 Å². The lowest BCUT2D eigenvalue weighted by molar-refractivity contribution is 0.0698. The van der Waals surface area contributed by atoms with Crippen LogP contribution in [0.1, 0.15) is 15.9 Å². The van der Waals surface area contributed by atoms with Gasteiger partial charge in [0.05, 0.1) is 12.7 Å². The van der Waals surface area contributed by atoms with Crippen molar-refractivity contribution in [3.8, 4) is 16.2 Å². The number of aromatic carboxylic acids is 1. The first-order valence-corrected chi connectivity index (χ1v) is 9.84. The van der Waals surface area contributed by atoms with Gasteiger partial charge in [-0.1, -0.05) is 29.3 Å². The monoisotopic (exact) mass is 451 g/mol. The van der Waals surface area contributed by atoms with Crippen molar-refractivity contribution in [2.75, 3.05) is 12.4 Å². The van der Waals surface area contributed by atoms with Gasteiger partial charge >= 0.3 is 12.1 Å². The molecule has 1 aromatic heterocycles. The molecule has 1 amide bonds. The number of benzene rings is 2. The SMILES string of the molecule is COC(=O)Nc1sc(-c2ccc(OCc3c(Cl)cccc3Cl)cc2)cc1C(=O)O. The van der Waals surface area contributed by atoms with E-state index in [0.29, 0.717) is 26.2 Å². The van der Waals surface area contributed by atoms with Crippen LogP contribution in [0.2, 0.25) is 10.0 Å². The van der Waals surface area contributed by atoms with Gasteiger partial charge in [-0.05, 0) is 48.0 Å². The van der Waals surface area contributed by atoms with Gasteiger partial charge in [-0.3, -0.25) is 5.32 Å². The Bertz CT molecular complexity index is 1030. The Morgan fingerprint density at radius 1 is 1.10 bits per heavy atom. The zero-order valence-corrected chi connectivity index (χ0v) is 17.4. The molecule has 9 heteroatoms. The highest BCUT2D eigenvalue weighted by Gasteiger charge is 2.18. The van der Waals surface area contributed by atoms with Gasteiger partial charge < -0.3 is 14.6 Å². The van der Waals surface area contributed by atoms with Crippen LogP contribution in [0.3, 0.4) is 0 Å². The molecule has 0 unspecified atom stereocenters. The molecular weight excluding hydrogens is 437 g/mol. The topological polar surface area (TPSA) is 84.9 Å². The highest BCUT2D eigenvalue weighted by Crippen LogP contribution is 2.36. The number of anilines is 1. The second-order valence-electron chi connectivity index (χ2n) is 5.79. The normalized spacial score (nSPS) is 10.4. The first-order chi connectivity index (χ1) is 13.9.